The van der Waals surface area contributed by atoms with Gasteiger partial charge >= 0.3 is 18.0 Å². The quantitative estimate of drug-likeness (QED) is 0.262. The Hall–Kier alpha value is -4.12. The molecule has 3 amide bonds. The van der Waals surface area contributed by atoms with E-state index in [4.69, 9.17) is 0 Å². The molecule has 0 unspecified atom stereocenters. The number of carbonyl (C=O) groups excluding carboxylic acids is 3. The van der Waals surface area contributed by atoms with Gasteiger partial charge in [-0.2, -0.15) is 13.2 Å². The number of hydrogen-bond donors (Lipinski definition) is 3. The van der Waals surface area contributed by atoms with E-state index in [2.05, 4.69) is 32.0 Å². The monoisotopic (exact) mass is 572 g/mol. The van der Waals surface area contributed by atoms with Crippen molar-refractivity contribution in [3.05, 3.63) is 93.6 Å². The van der Waals surface area contributed by atoms with E-state index in [1.165, 1.54) is 6.07 Å². The van der Waals surface area contributed by atoms with Gasteiger partial charge in [0.15, 0.2) is 0 Å². The summed E-state index contributed by atoms with van der Waals surface area (Å²) in [5, 5.41) is 5.55. The van der Waals surface area contributed by atoms with Crippen molar-refractivity contribution in [3.63, 3.8) is 0 Å². The Morgan fingerprint density at radius 3 is 2.32 bits per heavy atom. The maximum absolute atomic E-state index is 13.2. The summed E-state index contributed by atoms with van der Waals surface area (Å²) in [6.45, 7) is 3.77. The van der Waals surface area contributed by atoms with E-state index < -0.39 is 29.5 Å². The molecule has 4 rings (SSSR count). The van der Waals surface area contributed by atoms with Crippen molar-refractivity contribution in [1.29, 1.82) is 0 Å². The lowest BCUT2D eigenvalue weighted by Crippen LogP contribution is -2.36. The first-order valence-corrected chi connectivity index (χ1v) is 11.7. The molecule has 1 aromatic heterocycles. The number of hydrogen-bond acceptors (Lipinski definition) is 3. The van der Waals surface area contributed by atoms with Crippen LogP contribution in [0.3, 0.4) is 0 Å². The lowest BCUT2D eigenvalue weighted by molar-refractivity contribution is -0.137. The van der Waals surface area contributed by atoms with Crippen molar-refractivity contribution >= 4 is 55.9 Å². The van der Waals surface area contributed by atoms with Crippen LogP contribution in [0.25, 0.3) is 10.9 Å². The van der Waals surface area contributed by atoms with E-state index in [9.17, 15) is 27.6 Å². The van der Waals surface area contributed by atoms with Crippen LogP contribution in [0, 0.1) is 13.8 Å². The first-order chi connectivity index (χ1) is 17.4. The van der Waals surface area contributed by atoms with Gasteiger partial charge in [-0.05, 0) is 67.9 Å². The molecule has 0 bridgehead atoms. The SMILES string of the molecule is Cc1ccc(NC(=O)c2cc3cc(Br)ccc3n2NC(=O)C(=O)Nc2cccc(C(F)(F)F)c2)c(C)c1. The average Bonchev–Trinajstić information content (AvgIpc) is 3.17. The van der Waals surface area contributed by atoms with Crippen LogP contribution in [-0.2, 0) is 15.8 Å². The largest absolute Gasteiger partial charge is 0.416 e. The van der Waals surface area contributed by atoms with E-state index in [0.717, 1.165) is 38.5 Å². The number of nitrogens with one attached hydrogen (secondary N) is 3. The van der Waals surface area contributed by atoms with E-state index in [0.29, 0.717) is 16.6 Å². The zero-order valence-electron chi connectivity index (χ0n) is 19.5. The first kappa shape index (κ1) is 26.0. The summed E-state index contributed by atoms with van der Waals surface area (Å²) in [6, 6.07) is 16.0. The summed E-state index contributed by atoms with van der Waals surface area (Å²) in [5.74, 6) is -2.93. The van der Waals surface area contributed by atoms with E-state index in [1.54, 1.807) is 30.3 Å². The number of aryl methyl sites for hydroxylation is 2. The summed E-state index contributed by atoms with van der Waals surface area (Å²) >= 11 is 3.36. The predicted molar refractivity (Wildman–Crippen MR) is 138 cm³/mol. The highest BCUT2D eigenvalue weighted by molar-refractivity contribution is 9.10. The van der Waals surface area contributed by atoms with Crippen LogP contribution in [0.2, 0.25) is 0 Å². The van der Waals surface area contributed by atoms with Crippen LogP contribution >= 0.6 is 15.9 Å². The fourth-order valence-corrected chi connectivity index (χ4v) is 4.11. The Balaban J connectivity index is 1.61. The Bertz CT molecular complexity index is 1550. The van der Waals surface area contributed by atoms with Gasteiger partial charge in [0.05, 0.1) is 11.1 Å². The molecule has 0 aliphatic heterocycles. The minimum atomic E-state index is -4.61. The number of fused-ring (bicyclic) bond motifs is 1. The Morgan fingerprint density at radius 2 is 1.62 bits per heavy atom. The topological polar surface area (TPSA) is 92.2 Å². The Kier molecular flexibility index (Phi) is 7.08. The van der Waals surface area contributed by atoms with Crippen molar-refractivity contribution in [2.24, 2.45) is 0 Å². The van der Waals surface area contributed by atoms with E-state index in [-0.39, 0.29) is 11.4 Å². The van der Waals surface area contributed by atoms with Gasteiger partial charge in [0.1, 0.15) is 5.69 Å². The number of alkyl halides is 3. The summed E-state index contributed by atoms with van der Waals surface area (Å²) in [5.41, 5.74) is 4.09. The molecular formula is C26H20BrF3N4O3. The molecule has 1 heterocycles. The number of rotatable bonds is 4. The van der Waals surface area contributed by atoms with Gasteiger partial charge in [-0.25, -0.2) is 4.68 Å². The van der Waals surface area contributed by atoms with E-state index >= 15 is 0 Å². The van der Waals surface area contributed by atoms with Crippen LogP contribution in [-0.4, -0.2) is 22.4 Å². The molecular weight excluding hydrogens is 553 g/mol. The fourth-order valence-electron chi connectivity index (χ4n) is 3.73. The highest BCUT2D eigenvalue weighted by Crippen LogP contribution is 2.30. The molecule has 3 aromatic carbocycles. The number of carbonyl (C=O) groups is 3. The molecule has 7 nitrogen and oxygen atoms in total. The number of aromatic nitrogens is 1. The maximum Gasteiger partial charge on any atom is 0.416 e. The molecule has 0 saturated carbocycles. The smallest absolute Gasteiger partial charge is 0.320 e. The molecule has 0 spiro atoms. The second-order valence-electron chi connectivity index (χ2n) is 8.31. The molecule has 190 valence electrons. The van der Waals surface area contributed by atoms with Gasteiger partial charge in [0.25, 0.3) is 5.91 Å². The predicted octanol–water partition coefficient (Wildman–Crippen LogP) is 6.00. The fraction of sp³-hybridized carbons (Fsp3) is 0.115. The zero-order chi connectivity index (χ0) is 26.9. The number of halogens is 4. The highest BCUT2D eigenvalue weighted by atomic mass is 79.9. The molecule has 0 saturated heterocycles. The molecule has 0 aliphatic carbocycles. The third-order valence-corrected chi connectivity index (χ3v) is 5.99. The lowest BCUT2D eigenvalue weighted by atomic mass is 10.1. The minimum absolute atomic E-state index is 0.0355. The third kappa shape index (κ3) is 5.83. The number of nitrogens with zero attached hydrogens (tertiary/aromatic N) is 1. The molecule has 0 radical (unpaired) electrons. The van der Waals surface area contributed by atoms with Crippen LogP contribution in [0.4, 0.5) is 24.5 Å². The second-order valence-corrected chi connectivity index (χ2v) is 9.23. The molecule has 3 N–H and O–H groups in total. The summed E-state index contributed by atoms with van der Waals surface area (Å²) in [6.07, 6.45) is -4.61. The van der Waals surface area contributed by atoms with Gasteiger partial charge in [-0.3, -0.25) is 19.8 Å². The number of amides is 3. The van der Waals surface area contributed by atoms with Crippen molar-refractivity contribution < 1.29 is 27.6 Å². The van der Waals surface area contributed by atoms with Crippen molar-refractivity contribution in [3.8, 4) is 0 Å². The first-order valence-electron chi connectivity index (χ1n) is 10.9. The Labute approximate surface area is 217 Å². The lowest BCUT2D eigenvalue weighted by Gasteiger charge is -2.14. The second kappa shape index (κ2) is 10.1. The molecule has 4 aromatic rings. The maximum atomic E-state index is 13.2. The van der Waals surface area contributed by atoms with Gasteiger partial charge in [-0.1, -0.05) is 39.7 Å². The van der Waals surface area contributed by atoms with Crippen LogP contribution in [0.5, 0.6) is 0 Å². The van der Waals surface area contributed by atoms with Gasteiger partial charge < -0.3 is 10.6 Å². The van der Waals surface area contributed by atoms with Gasteiger partial charge in [0.2, 0.25) is 0 Å². The average molecular weight is 573 g/mol. The van der Waals surface area contributed by atoms with Crippen LogP contribution in [0.1, 0.15) is 27.2 Å². The van der Waals surface area contributed by atoms with Crippen molar-refractivity contribution in [1.82, 2.24) is 4.68 Å². The number of benzene rings is 3. The van der Waals surface area contributed by atoms with Crippen molar-refractivity contribution in [2.45, 2.75) is 20.0 Å². The zero-order valence-corrected chi connectivity index (χ0v) is 21.1. The van der Waals surface area contributed by atoms with E-state index in [1.807, 2.05) is 26.0 Å². The summed E-state index contributed by atoms with van der Waals surface area (Å²) < 4.78 is 40.8. The number of anilines is 2. The molecule has 11 heteroatoms. The Morgan fingerprint density at radius 1 is 0.865 bits per heavy atom. The molecule has 37 heavy (non-hydrogen) atoms. The van der Waals surface area contributed by atoms with Crippen molar-refractivity contribution in [2.75, 3.05) is 16.1 Å². The normalized spacial score (nSPS) is 11.3. The van der Waals surface area contributed by atoms with Gasteiger partial charge in [0, 0.05) is 21.2 Å². The third-order valence-electron chi connectivity index (χ3n) is 5.49. The highest BCUT2D eigenvalue weighted by Gasteiger charge is 2.30. The van der Waals surface area contributed by atoms with Gasteiger partial charge in [-0.15, -0.1) is 0 Å². The summed E-state index contributed by atoms with van der Waals surface area (Å²) in [4.78, 5) is 38.4. The minimum Gasteiger partial charge on any atom is -0.320 e. The standard InChI is InChI=1S/C26H20BrF3N4O3/c1-14-6-8-20(15(2)10-14)32-23(35)22-12-16-11-18(27)7-9-21(16)34(22)33-25(37)24(36)31-19-5-3-4-17(13-19)26(28,29)30/h3-13H,1-2H3,(H,31,36)(H,32,35)(H,33,37). The molecule has 0 atom stereocenters. The molecule has 0 aliphatic rings. The summed E-state index contributed by atoms with van der Waals surface area (Å²) in [7, 11) is 0. The molecule has 0 fully saturated rings. The van der Waals surface area contributed by atoms with Crippen LogP contribution < -0.4 is 16.1 Å². The van der Waals surface area contributed by atoms with Crippen LogP contribution in [0.15, 0.2) is 71.2 Å².